The smallest absolute Gasteiger partial charge is 0.185 e. The third-order valence-electron chi connectivity index (χ3n) is 3.54. The lowest BCUT2D eigenvalue weighted by Gasteiger charge is -2.34. The van der Waals surface area contributed by atoms with Crippen LogP contribution in [0.1, 0.15) is 17.7 Å². The van der Waals surface area contributed by atoms with Gasteiger partial charge in [0.25, 0.3) is 0 Å². The third kappa shape index (κ3) is 2.61. The normalized spacial score (nSPS) is 22.1. The topological polar surface area (TPSA) is 31.4 Å². The lowest BCUT2D eigenvalue weighted by molar-refractivity contribution is 0.248. The van der Waals surface area contributed by atoms with Crippen molar-refractivity contribution in [3.8, 4) is 0 Å². The van der Waals surface area contributed by atoms with Crippen LogP contribution in [0.3, 0.4) is 0 Å². The van der Waals surface area contributed by atoms with Crippen LogP contribution in [-0.4, -0.2) is 49.2 Å². The van der Waals surface area contributed by atoms with E-state index in [-0.39, 0.29) is 0 Å². The van der Waals surface area contributed by atoms with E-state index in [4.69, 9.17) is 0 Å². The molecule has 1 aliphatic carbocycles. The standard InChI is InChI=1S/C12H20N4S/c1-13-8-11-9-14-12(17-11)16-6-4-15(5-7-16)10-2-3-10/h9-10,13H,2-8H2,1H3. The van der Waals surface area contributed by atoms with E-state index in [1.165, 1.54) is 35.9 Å². The highest BCUT2D eigenvalue weighted by Crippen LogP contribution is 2.29. The van der Waals surface area contributed by atoms with Gasteiger partial charge in [-0.1, -0.05) is 0 Å². The maximum absolute atomic E-state index is 4.53. The van der Waals surface area contributed by atoms with Gasteiger partial charge in [0.05, 0.1) is 0 Å². The Kier molecular flexibility index (Phi) is 3.31. The Balaban J connectivity index is 1.57. The summed E-state index contributed by atoms with van der Waals surface area (Å²) in [5.74, 6) is 0. The molecular weight excluding hydrogens is 232 g/mol. The molecule has 4 nitrogen and oxygen atoms in total. The number of rotatable bonds is 4. The number of piperazine rings is 1. The summed E-state index contributed by atoms with van der Waals surface area (Å²) in [6.45, 7) is 5.64. The minimum atomic E-state index is 0.910. The van der Waals surface area contributed by atoms with Gasteiger partial charge in [-0.2, -0.15) is 0 Å². The van der Waals surface area contributed by atoms with Crippen molar-refractivity contribution in [3.63, 3.8) is 0 Å². The quantitative estimate of drug-likeness (QED) is 0.871. The summed E-state index contributed by atoms with van der Waals surface area (Å²) >= 11 is 1.82. The van der Waals surface area contributed by atoms with Gasteiger partial charge < -0.3 is 10.2 Å². The van der Waals surface area contributed by atoms with E-state index in [0.29, 0.717) is 0 Å². The van der Waals surface area contributed by atoms with E-state index in [2.05, 4.69) is 20.1 Å². The van der Waals surface area contributed by atoms with Crippen LogP contribution in [0.15, 0.2) is 6.20 Å². The molecule has 0 amide bonds. The summed E-state index contributed by atoms with van der Waals surface area (Å²) in [6.07, 6.45) is 4.84. The summed E-state index contributed by atoms with van der Waals surface area (Å²) in [5, 5.41) is 4.37. The van der Waals surface area contributed by atoms with E-state index in [0.717, 1.165) is 25.7 Å². The number of thiazole rings is 1. The van der Waals surface area contributed by atoms with Crippen molar-refractivity contribution in [3.05, 3.63) is 11.1 Å². The molecule has 94 valence electrons. The average molecular weight is 252 g/mol. The molecule has 2 aliphatic rings. The van der Waals surface area contributed by atoms with Crippen LogP contribution < -0.4 is 10.2 Å². The maximum Gasteiger partial charge on any atom is 0.185 e. The van der Waals surface area contributed by atoms with Crippen molar-refractivity contribution in [1.29, 1.82) is 0 Å². The first-order chi connectivity index (χ1) is 8.36. The number of nitrogens with one attached hydrogen (secondary N) is 1. The summed E-state index contributed by atoms with van der Waals surface area (Å²) in [5.41, 5.74) is 0. The lowest BCUT2D eigenvalue weighted by Crippen LogP contribution is -2.47. The van der Waals surface area contributed by atoms with Crippen LogP contribution in [0.2, 0.25) is 0 Å². The van der Waals surface area contributed by atoms with Gasteiger partial charge in [0.15, 0.2) is 5.13 Å². The summed E-state index contributed by atoms with van der Waals surface area (Å²) in [4.78, 5) is 10.9. The van der Waals surface area contributed by atoms with Crippen molar-refractivity contribution in [2.45, 2.75) is 25.4 Å². The zero-order valence-corrected chi connectivity index (χ0v) is 11.2. The summed E-state index contributed by atoms with van der Waals surface area (Å²) in [6, 6.07) is 0.910. The van der Waals surface area contributed by atoms with Gasteiger partial charge in [0.2, 0.25) is 0 Å². The van der Waals surface area contributed by atoms with E-state index in [1.54, 1.807) is 0 Å². The fraction of sp³-hybridized carbons (Fsp3) is 0.750. The van der Waals surface area contributed by atoms with Gasteiger partial charge in [-0.3, -0.25) is 4.90 Å². The zero-order valence-electron chi connectivity index (χ0n) is 10.4. The SMILES string of the molecule is CNCc1cnc(N2CCN(C3CC3)CC2)s1. The second-order valence-corrected chi connectivity index (χ2v) is 5.99. The Morgan fingerprint density at radius 3 is 2.76 bits per heavy atom. The molecule has 1 N–H and O–H groups in total. The highest BCUT2D eigenvalue weighted by atomic mass is 32.1. The number of aromatic nitrogens is 1. The number of hydrogen-bond donors (Lipinski definition) is 1. The Labute approximate surface area is 107 Å². The molecular formula is C12H20N4S. The monoisotopic (exact) mass is 252 g/mol. The van der Waals surface area contributed by atoms with Gasteiger partial charge in [-0.15, -0.1) is 11.3 Å². The first-order valence-corrected chi connectivity index (χ1v) is 7.27. The van der Waals surface area contributed by atoms with Crippen LogP contribution >= 0.6 is 11.3 Å². The molecule has 0 bridgehead atoms. The van der Waals surface area contributed by atoms with E-state index in [1.807, 2.05) is 24.6 Å². The molecule has 0 spiro atoms. The van der Waals surface area contributed by atoms with E-state index >= 15 is 0 Å². The van der Waals surface area contributed by atoms with Gasteiger partial charge in [0, 0.05) is 49.8 Å². The molecule has 1 saturated carbocycles. The second kappa shape index (κ2) is 4.92. The summed E-state index contributed by atoms with van der Waals surface area (Å²) in [7, 11) is 1.98. The molecule has 1 saturated heterocycles. The van der Waals surface area contributed by atoms with Crippen molar-refractivity contribution in [2.75, 3.05) is 38.1 Å². The van der Waals surface area contributed by atoms with Crippen molar-refractivity contribution in [1.82, 2.24) is 15.2 Å². The minimum Gasteiger partial charge on any atom is -0.346 e. The highest BCUT2D eigenvalue weighted by molar-refractivity contribution is 7.15. The van der Waals surface area contributed by atoms with Crippen LogP contribution in [0.5, 0.6) is 0 Å². The number of nitrogens with zero attached hydrogens (tertiary/aromatic N) is 3. The Morgan fingerprint density at radius 1 is 1.35 bits per heavy atom. The molecule has 2 fully saturated rings. The Bertz CT molecular complexity index is 366. The molecule has 0 radical (unpaired) electrons. The van der Waals surface area contributed by atoms with Crippen LogP contribution in [0.25, 0.3) is 0 Å². The highest BCUT2D eigenvalue weighted by Gasteiger charge is 2.31. The van der Waals surface area contributed by atoms with E-state index < -0.39 is 0 Å². The van der Waals surface area contributed by atoms with Gasteiger partial charge in [-0.05, 0) is 19.9 Å². The predicted octanol–water partition coefficient (Wildman–Crippen LogP) is 1.15. The Hall–Kier alpha value is -0.650. The Morgan fingerprint density at radius 2 is 2.12 bits per heavy atom. The van der Waals surface area contributed by atoms with Crippen molar-refractivity contribution >= 4 is 16.5 Å². The number of hydrogen-bond acceptors (Lipinski definition) is 5. The average Bonchev–Trinajstić information content (AvgIpc) is 3.11. The number of anilines is 1. The lowest BCUT2D eigenvalue weighted by atomic mass is 10.3. The zero-order chi connectivity index (χ0) is 11.7. The van der Waals surface area contributed by atoms with Crippen molar-refractivity contribution in [2.24, 2.45) is 0 Å². The molecule has 0 aromatic carbocycles. The predicted molar refractivity (Wildman–Crippen MR) is 71.7 cm³/mol. The van der Waals surface area contributed by atoms with Gasteiger partial charge in [-0.25, -0.2) is 4.98 Å². The molecule has 3 rings (SSSR count). The molecule has 2 heterocycles. The fourth-order valence-corrected chi connectivity index (χ4v) is 3.39. The molecule has 1 aromatic rings. The first-order valence-electron chi connectivity index (χ1n) is 6.45. The van der Waals surface area contributed by atoms with Gasteiger partial charge >= 0.3 is 0 Å². The maximum atomic E-state index is 4.53. The first kappa shape index (κ1) is 11.4. The minimum absolute atomic E-state index is 0.910. The van der Waals surface area contributed by atoms with Crippen LogP contribution in [0.4, 0.5) is 5.13 Å². The van der Waals surface area contributed by atoms with Gasteiger partial charge in [0.1, 0.15) is 0 Å². The molecule has 17 heavy (non-hydrogen) atoms. The molecule has 0 atom stereocenters. The van der Waals surface area contributed by atoms with E-state index in [9.17, 15) is 0 Å². The van der Waals surface area contributed by atoms with Crippen LogP contribution in [0, 0.1) is 0 Å². The van der Waals surface area contributed by atoms with Crippen LogP contribution in [-0.2, 0) is 6.54 Å². The third-order valence-corrected chi connectivity index (χ3v) is 4.60. The molecule has 1 aromatic heterocycles. The largest absolute Gasteiger partial charge is 0.346 e. The van der Waals surface area contributed by atoms with Crippen molar-refractivity contribution < 1.29 is 0 Å². The molecule has 0 unspecified atom stereocenters. The molecule has 1 aliphatic heterocycles. The molecule has 5 heteroatoms. The second-order valence-electron chi connectivity index (χ2n) is 4.89. The summed E-state index contributed by atoms with van der Waals surface area (Å²) < 4.78 is 0. The fourth-order valence-electron chi connectivity index (χ4n) is 2.42.